The number of amides is 1. The number of benzene rings is 2. The highest BCUT2D eigenvalue weighted by Crippen LogP contribution is 2.22. The predicted molar refractivity (Wildman–Crippen MR) is 91.9 cm³/mol. The van der Waals surface area contributed by atoms with Gasteiger partial charge in [0.1, 0.15) is 5.82 Å². The summed E-state index contributed by atoms with van der Waals surface area (Å²) in [5.74, 6) is 0.258. The van der Waals surface area contributed by atoms with Crippen molar-refractivity contribution in [3.63, 3.8) is 0 Å². The van der Waals surface area contributed by atoms with Gasteiger partial charge in [0.25, 0.3) is 5.91 Å². The first-order valence-electron chi connectivity index (χ1n) is 8.30. The van der Waals surface area contributed by atoms with Crippen molar-refractivity contribution in [3.8, 4) is 17.1 Å². The minimum absolute atomic E-state index is 0.157. The van der Waals surface area contributed by atoms with Crippen molar-refractivity contribution in [2.75, 3.05) is 13.1 Å². The molecule has 1 amide bonds. The molecule has 3 aromatic rings. The second-order valence-corrected chi connectivity index (χ2v) is 6.01. The summed E-state index contributed by atoms with van der Waals surface area (Å²) in [7, 11) is 0. The van der Waals surface area contributed by atoms with Crippen molar-refractivity contribution >= 4 is 5.91 Å². The van der Waals surface area contributed by atoms with Gasteiger partial charge in [-0.05, 0) is 37.1 Å². The van der Waals surface area contributed by atoms with Crippen molar-refractivity contribution in [1.29, 1.82) is 0 Å². The first kappa shape index (κ1) is 15.5. The van der Waals surface area contributed by atoms with Crippen LogP contribution in [0.5, 0.6) is 0 Å². The lowest BCUT2D eigenvalue weighted by atomic mass is 10.2. The molecule has 6 heteroatoms. The monoisotopic (exact) mass is 336 g/mol. The molecule has 1 aromatic heterocycles. The van der Waals surface area contributed by atoms with Crippen molar-refractivity contribution in [2.24, 2.45) is 0 Å². The van der Waals surface area contributed by atoms with Gasteiger partial charge in [0.15, 0.2) is 5.82 Å². The Labute approximate surface area is 144 Å². The third-order valence-corrected chi connectivity index (χ3v) is 4.29. The van der Waals surface area contributed by atoms with E-state index in [1.807, 2.05) is 30.3 Å². The molecule has 0 bridgehead atoms. The Morgan fingerprint density at radius 3 is 2.32 bits per heavy atom. The van der Waals surface area contributed by atoms with Gasteiger partial charge >= 0.3 is 0 Å². The molecule has 1 aliphatic heterocycles. The molecular weight excluding hydrogens is 319 g/mol. The van der Waals surface area contributed by atoms with Gasteiger partial charge in [-0.1, -0.05) is 30.3 Å². The van der Waals surface area contributed by atoms with Crippen LogP contribution in [0.4, 0.5) is 4.39 Å². The maximum Gasteiger partial charge on any atom is 0.293 e. The summed E-state index contributed by atoms with van der Waals surface area (Å²) < 4.78 is 14.9. The highest BCUT2D eigenvalue weighted by molar-refractivity contribution is 5.91. The second-order valence-electron chi connectivity index (χ2n) is 6.01. The van der Waals surface area contributed by atoms with Gasteiger partial charge in [0.2, 0.25) is 5.82 Å². The highest BCUT2D eigenvalue weighted by Gasteiger charge is 2.25. The number of hydrogen-bond donors (Lipinski definition) is 0. The Kier molecular flexibility index (Phi) is 4.01. The third kappa shape index (κ3) is 3.03. The number of halogens is 1. The first-order chi connectivity index (χ1) is 12.2. The molecule has 25 heavy (non-hydrogen) atoms. The molecule has 1 fully saturated rings. The van der Waals surface area contributed by atoms with Crippen LogP contribution in [-0.2, 0) is 0 Å². The fourth-order valence-electron chi connectivity index (χ4n) is 3.00. The molecular formula is C19H17FN4O. The van der Waals surface area contributed by atoms with Crippen LogP contribution in [0, 0.1) is 5.82 Å². The Bertz CT molecular complexity index is 884. The molecule has 126 valence electrons. The van der Waals surface area contributed by atoms with Crippen molar-refractivity contribution in [2.45, 2.75) is 12.8 Å². The molecule has 0 unspecified atom stereocenters. The Hall–Kier alpha value is -3.02. The average molecular weight is 336 g/mol. The molecule has 0 aliphatic carbocycles. The Morgan fingerprint density at radius 2 is 1.64 bits per heavy atom. The fraction of sp³-hybridized carbons (Fsp3) is 0.211. The SMILES string of the molecule is O=C(c1nc(-c2ccccc2)n(-c2ccc(F)cc2)n1)N1CCCC1. The standard InChI is InChI=1S/C19H17FN4O/c20-15-8-10-16(11-9-15)24-18(14-6-2-1-3-7-14)21-17(22-24)19(25)23-12-4-5-13-23/h1-3,6-11H,4-5,12-13H2. The van der Waals surface area contributed by atoms with Crippen LogP contribution in [-0.4, -0.2) is 38.7 Å². The van der Waals surface area contributed by atoms with E-state index in [1.165, 1.54) is 12.1 Å². The van der Waals surface area contributed by atoms with Crippen molar-refractivity contribution < 1.29 is 9.18 Å². The number of carbonyl (C=O) groups is 1. The van der Waals surface area contributed by atoms with E-state index in [1.54, 1.807) is 21.7 Å². The molecule has 4 rings (SSSR count). The van der Waals surface area contributed by atoms with E-state index in [-0.39, 0.29) is 17.5 Å². The van der Waals surface area contributed by atoms with Gasteiger partial charge in [0.05, 0.1) is 5.69 Å². The van der Waals surface area contributed by atoms with Crippen LogP contribution in [0.15, 0.2) is 54.6 Å². The summed E-state index contributed by atoms with van der Waals surface area (Å²) in [6.45, 7) is 1.48. The lowest BCUT2D eigenvalue weighted by molar-refractivity contribution is 0.0781. The van der Waals surface area contributed by atoms with Crippen LogP contribution in [0.1, 0.15) is 23.5 Å². The Balaban J connectivity index is 1.80. The van der Waals surface area contributed by atoms with E-state index in [0.29, 0.717) is 11.5 Å². The van der Waals surface area contributed by atoms with Gasteiger partial charge in [-0.25, -0.2) is 14.1 Å². The Morgan fingerprint density at radius 1 is 0.960 bits per heavy atom. The number of nitrogens with zero attached hydrogens (tertiary/aromatic N) is 4. The van der Waals surface area contributed by atoms with Crippen LogP contribution in [0.3, 0.4) is 0 Å². The van der Waals surface area contributed by atoms with Gasteiger partial charge in [0, 0.05) is 18.7 Å². The molecule has 2 heterocycles. The van der Waals surface area contributed by atoms with E-state index < -0.39 is 0 Å². The second kappa shape index (κ2) is 6.47. The zero-order chi connectivity index (χ0) is 17.2. The number of likely N-dealkylation sites (tertiary alicyclic amines) is 1. The number of carbonyl (C=O) groups excluding carboxylic acids is 1. The third-order valence-electron chi connectivity index (χ3n) is 4.29. The maximum absolute atomic E-state index is 13.3. The van der Waals surface area contributed by atoms with Crippen molar-refractivity contribution in [1.82, 2.24) is 19.7 Å². The normalized spacial score (nSPS) is 14.0. The topological polar surface area (TPSA) is 51.0 Å². The smallest absolute Gasteiger partial charge is 0.293 e. The highest BCUT2D eigenvalue weighted by atomic mass is 19.1. The fourth-order valence-corrected chi connectivity index (χ4v) is 3.00. The summed E-state index contributed by atoms with van der Waals surface area (Å²) >= 11 is 0. The van der Waals surface area contributed by atoms with E-state index in [0.717, 1.165) is 31.5 Å². The van der Waals surface area contributed by atoms with Gasteiger partial charge in [-0.2, -0.15) is 0 Å². The number of rotatable bonds is 3. The maximum atomic E-state index is 13.3. The summed E-state index contributed by atoms with van der Waals surface area (Å²) in [6.07, 6.45) is 2.02. The summed E-state index contributed by atoms with van der Waals surface area (Å²) in [6, 6.07) is 15.5. The zero-order valence-electron chi connectivity index (χ0n) is 13.6. The van der Waals surface area contributed by atoms with Crippen LogP contribution >= 0.6 is 0 Å². The van der Waals surface area contributed by atoms with E-state index in [2.05, 4.69) is 10.1 Å². The van der Waals surface area contributed by atoms with Crippen LogP contribution in [0.2, 0.25) is 0 Å². The lowest BCUT2D eigenvalue weighted by Gasteiger charge is -2.11. The largest absolute Gasteiger partial charge is 0.336 e. The van der Waals surface area contributed by atoms with E-state index in [9.17, 15) is 9.18 Å². The minimum atomic E-state index is -0.321. The van der Waals surface area contributed by atoms with E-state index in [4.69, 9.17) is 0 Å². The van der Waals surface area contributed by atoms with Crippen LogP contribution < -0.4 is 0 Å². The zero-order valence-corrected chi connectivity index (χ0v) is 13.6. The van der Waals surface area contributed by atoms with Crippen molar-refractivity contribution in [3.05, 3.63) is 66.2 Å². The molecule has 0 N–H and O–H groups in total. The average Bonchev–Trinajstić information content (AvgIpc) is 3.33. The quantitative estimate of drug-likeness (QED) is 0.737. The molecule has 1 aliphatic rings. The van der Waals surface area contributed by atoms with E-state index >= 15 is 0 Å². The summed E-state index contributed by atoms with van der Waals surface area (Å²) in [5.41, 5.74) is 1.51. The number of hydrogen-bond acceptors (Lipinski definition) is 3. The first-order valence-corrected chi connectivity index (χ1v) is 8.30. The molecule has 0 radical (unpaired) electrons. The molecule has 0 atom stereocenters. The van der Waals surface area contributed by atoms with Gasteiger partial charge in [-0.3, -0.25) is 4.79 Å². The minimum Gasteiger partial charge on any atom is -0.336 e. The number of aromatic nitrogens is 3. The van der Waals surface area contributed by atoms with Crippen LogP contribution in [0.25, 0.3) is 17.1 Å². The lowest BCUT2D eigenvalue weighted by Crippen LogP contribution is -2.28. The molecule has 0 saturated carbocycles. The van der Waals surface area contributed by atoms with Gasteiger partial charge < -0.3 is 4.90 Å². The molecule has 2 aromatic carbocycles. The van der Waals surface area contributed by atoms with Gasteiger partial charge in [-0.15, -0.1) is 5.10 Å². The molecule has 5 nitrogen and oxygen atoms in total. The molecule has 1 saturated heterocycles. The summed E-state index contributed by atoms with van der Waals surface area (Å²) in [4.78, 5) is 18.9. The predicted octanol–water partition coefficient (Wildman–Crippen LogP) is 3.31. The summed E-state index contributed by atoms with van der Waals surface area (Å²) in [5, 5.41) is 4.42. The molecule has 0 spiro atoms.